The van der Waals surface area contributed by atoms with E-state index in [2.05, 4.69) is 36.6 Å². The van der Waals surface area contributed by atoms with Gasteiger partial charge in [-0.15, -0.1) is 11.5 Å². The molecule has 0 amide bonds. The number of nitrogens with one attached hydrogen (secondary N) is 1. The van der Waals surface area contributed by atoms with Crippen LogP contribution >= 0.6 is 11.6 Å². The average molecular weight is 606 g/mol. The van der Waals surface area contributed by atoms with Gasteiger partial charge in [-0.3, -0.25) is 14.8 Å². The zero-order chi connectivity index (χ0) is 30.4. The van der Waals surface area contributed by atoms with Crippen molar-refractivity contribution in [1.29, 1.82) is 0 Å². The van der Waals surface area contributed by atoms with Gasteiger partial charge in [0.15, 0.2) is 5.78 Å². The quantitative estimate of drug-likeness (QED) is 0.0814. The van der Waals surface area contributed by atoms with Crippen molar-refractivity contribution < 1.29 is 24.1 Å². The van der Waals surface area contributed by atoms with E-state index < -0.39 is 18.4 Å². The predicted octanol–water partition coefficient (Wildman–Crippen LogP) is 3.06. The second-order valence-electron chi connectivity index (χ2n) is 8.94. The number of aliphatic hydroxyl groups excluding tert-OH is 1. The zero-order valence-corrected chi connectivity index (χ0v) is 23.7. The zero-order valence-electron chi connectivity index (χ0n) is 23.0. The van der Waals surface area contributed by atoms with E-state index in [1.165, 1.54) is 6.07 Å². The number of aromatic nitrogens is 4. The first-order valence-electron chi connectivity index (χ1n) is 13.1. The molecule has 43 heavy (non-hydrogen) atoms. The molecule has 1 atom stereocenters. The summed E-state index contributed by atoms with van der Waals surface area (Å²) in [7, 11) is 0. The number of carbonyl (C=O) groups excluding carboxylic acids is 1. The Morgan fingerprint density at radius 3 is 2.74 bits per heavy atom. The summed E-state index contributed by atoms with van der Waals surface area (Å²) in [4.78, 5) is 24.7. The number of Topliss-reactive ketones (excluding diaryl/α,β-unsaturated/α-hetero) is 1. The number of nitrogens with zero attached hydrogens (tertiary/aromatic N) is 8. The van der Waals surface area contributed by atoms with Gasteiger partial charge in [-0.25, -0.2) is 4.68 Å². The third-order valence-electron chi connectivity index (χ3n) is 6.07. The second-order valence-corrected chi connectivity index (χ2v) is 9.35. The lowest BCUT2D eigenvalue weighted by molar-refractivity contribution is -0.118. The first-order chi connectivity index (χ1) is 21.0. The molecular formula is C28H28ClN9O5. The molecule has 0 bridgehead atoms. The van der Waals surface area contributed by atoms with Gasteiger partial charge in [0, 0.05) is 39.2 Å². The van der Waals surface area contributed by atoms with E-state index in [9.17, 15) is 9.90 Å². The van der Waals surface area contributed by atoms with Gasteiger partial charge in [0.1, 0.15) is 30.8 Å². The van der Waals surface area contributed by atoms with E-state index in [0.717, 1.165) is 0 Å². The number of hydrogen-bond acceptors (Lipinski definition) is 11. The minimum atomic E-state index is -0.881. The molecule has 3 heterocycles. The molecule has 0 spiro atoms. The maximum absolute atomic E-state index is 13.1. The Labute approximate surface area is 252 Å². The largest absolute Gasteiger partial charge is 0.388 e. The number of azide groups is 1. The Kier molecular flexibility index (Phi) is 11.8. The number of ketones is 1. The van der Waals surface area contributed by atoms with Gasteiger partial charge in [0.2, 0.25) is 0 Å². The molecule has 1 aliphatic heterocycles. The van der Waals surface area contributed by atoms with Crippen LogP contribution in [0.5, 0.6) is 0 Å². The lowest BCUT2D eigenvalue weighted by atomic mass is 9.92. The number of ether oxygens (including phenoxy) is 3. The molecule has 1 aromatic carbocycles. The summed E-state index contributed by atoms with van der Waals surface area (Å²) in [6.07, 6.45) is 10.1. The molecule has 3 aromatic rings. The van der Waals surface area contributed by atoms with E-state index >= 15 is 0 Å². The number of terminal acetylenes is 1. The molecule has 0 saturated heterocycles. The number of benzene rings is 1. The summed E-state index contributed by atoms with van der Waals surface area (Å²) in [6, 6.07) is 7.33. The minimum absolute atomic E-state index is 0.0380. The number of halogens is 1. The maximum Gasteiger partial charge on any atom is 0.188 e. The van der Waals surface area contributed by atoms with Crippen molar-refractivity contribution in [3.8, 4) is 12.3 Å². The van der Waals surface area contributed by atoms with Crippen LogP contribution < -0.4 is 5.32 Å². The highest BCUT2D eigenvalue weighted by Crippen LogP contribution is 2.37. The normalized spacial score (nSPS) is 14.4. The van der Waals surface area contributed by atoms with Crippen molar-refractivity contribution in [3.05, 3.63) is 92.5 Å². The predicted molar refractivity (Wildman–Crippen MR) is 156 cm³/mol. The molecule has 15 heteroatoms. The minimum Gasteiger partial charge on any atom is -0.388 e. The van der Waals surface area contributed by atoms with E-state index in [-0.39, 0.29) is 30.4 Å². The molecule has 0 aliphatic carbocycles. The average Bonchev–Trinajstić information content (AvgIpc) is 3.48. The van der Waals surface area contributed by atoms with Crippen LogP contribution in [0.3, 0.4) is 0 Å². The number of hydrogen-bond donors (Lipinski definition) is 2. The Morgan fingerprint density at radius 1 is 1.19 bits per heavy atom. The van der Waals surface area contributed by atoms with Crippen LogP contribution in [0.15, 0.2) is 70.3 Å². The lowest BCUT2D eigenvalue weighted by Gasteiger charge is -2.28. The van der Waals surface area contributed by atoms with Gasteiger partial charge in [-0.2, -0.15) is 0 Å². The SMILES string of the molecule is C#CCOCCOCCn1cc(COCC2=C(C(=O)CO)C(c3ccc(N=[N+]=[N-])cc3Cl)N=C(c3ccncc3)N2)nn1. The van der Waals surface area contributed by atoms with Crippen molar-refractivity contribution in [2.45, 2.75) is 19.2 Å². The van der Waals surface area contributed by atoms with Crippen LogP contribution in [-0.2, 0) is 32.2 Å². The first kappa shape index (κ1) is 31.3. The molecule has 4 rings (SSSR count). The van der Waals surface area contributed by atoms with E-state index in [1.54, 1.807) is 47.5 Å². The number of rotatable bonds is 16. The van der Waals surface area contributed by atoms with Gasteiger partial charge < -0.3 is 24.6 Å². The number of pyridine rings is 1. The topological polar surface area (TPSA) is 182 Å². The Balaban J connectivity index is 1.51. The standard InChI is InChI=1S/C28H28ClN9O5/c1-2-10-41-12-13-42-11-9-38-15-21(35-37-38)17-43-18-24-26(25(40)16-39)27(22-4-3-20(34-36-30)14-23(22)29)33-28(32-24)19-5-7-31-8-6-19/h1,3-8,14-15,27,39H,9-13,16-18H2,(H,32,33). The smallest absolute Gasteiger partial charge is 0.188 e. The van der Waals surface area contributed by atoms with Crippen molar-refractivity contribution in [2.75, 3.05) is 39.6 Å². The Bertz CT molecular complexity index is 1560. The van der Waals surface area contributed by atoms with Crippen molar-refractivity contribution >= 4 is 28.9 Å². The molecule has 1 aliphatic rings. The maximum atomic E-state index is 13.1. The van der Waals surface area contributed by atoms with Crippen LogP contribution in [0.1, 0.15) is 22.9 Å². The lowest BCUT2D eigenvalue weighted by Crippen LogP contribution is -2.36. The Hall–Kier alpha value is -4.61. The number of aliphatic hydroxyl groups is 1. The van der Waals surface area contributed by atoms with Gasteiger partial charge in [0.05, 0.1) is 51.5 Å². The Morgan fingerprint density at radius 2 is 2.00 bits per heavy atom. The highest BCUT2D eigenvalue weighted by molar-refractivity contribution is 6.31. The second kappa shape index (κ2) is 16.1. The number of carbonyl (C=O) groups is 1. The van der Waals surface area contributed by atoms with Crippen LogP contribution in [0.4, 0.5) is 5.69 Å². The molecule has 0 fully saturated rings. The third-order valence-corrected chi connectivity index (χ3v) is 6.39. The van der Waals surface area contributed by atoms with Crippen molar-refractivity contribution in [3.63, 3.8) is 0 Å². The molecule has 0 saturated carbocycles. The van der Waals surface area contributed by atoms with Crippen molar-refractivity contribution in [1.82, 2.24) is 25.3 Å². The van der Waals surface area contributed by atoms with Gasteiger partial charge in [-0.1, -0.05) is 40.0 Å². The fourth-order valence-electron chi connectivity index (χ4n) is 4.13. The van der Waals surface area contributed by atoms with Crippen molar-refractivity contribution in [2.24, 2.45) is 10.1 Å². The fourth-order valence-corrected chi connectivity index (χ4v) is 4.41. The first-order valence-corrected chi connectivity index (χ1v) is 13.4. The summed E-state index contributed by atoms with van der Waals surface area (Å²) in [6.45, 7) is 1.28. The molecule has 1 unspecified atom stereocenters. The van der Waals surface area contributed by atoms with Crippen LogP contribution in [0, 0.1) is 12.3 Å². The van der Waals surface area contributed by atoms with E-state index in [0.29, 0.717) is 60.4 Å². The number of aliphatic imine (C=N–C) groups is 1. The summed E-state index contributed by atoms with van der Waals surface area (Å²) >= 11 is 6.56. The number of amidine groups is 1. The summed E-state index contributed by atoms with van der Waals surface area (Å²) in [5.41, 5.74) is 11.4. The van der Waals surface area contributed by atoms with Crippen LogP contribution in [-0.4, -0.2) is 76.3 Å². The van der Waals surface area contributed by atoms with Crippen LogP contribution in [0.2, 0.25) is 5.02 Å². The summed E-state index contributed by atoms with van der Waals surface area (Å²) in [5, 5.41) is 25.1. The van der Waals surface area contributed by atoms with Crippen LogP contribution in [0.25, 0.3) is 10.4 Å². The molecule has 2 N–H and O–H groups in total. The van der Waals surface area contributed by atoms with Gasteiger partial charge in [0.25, 0.3) is 0 Å². The fraction of sp³-hybridized carbons (Fsp3) is 0.321. The summed E-state index contributed by atoms with van der Waals surface area (Å²) in [5.74, 6) is 2.28. The van der Waals surface area contributed by atoms with E-state index in [1.807, 2.05) is 0 Å². The van der Waals surface area contributed by atoms with Gasteiger partial charge in [-0.05, 0) is 29.3 Å². The highest BCUT2D eigenvalue weighted by Gasteiger charge is 2.32. The molecule has 0 radical (unpaired) electrons. The molecule has 222 valence electrons. The van der Waals surface area contributed by atoms with E-state index in [4.69, 9.17) is 42.8 Å². The van der Waals surface area contributed by atoms with Gasteiger partial charge >= 0.3 is 0 Å². The molecule has 14 nitrogen and oxygen atoms in total. The summed E-state index contributed by atoms with van der Waals surface area (Å²) < 4.78 is 18.2. The molecule has 2 aromatic heterocycles. The monoisotopic (exact) mass is 605 g/mol. The highest BCUT2D eigenvalue weighted by atomic mass is 35.5. The molecular weight excluding hydrogens is 578 g/mol. The third kappa shape index (κ3) is 8.69.